The SMILES string of the molecule is CN(Cc1cncc(=O)n1C)C1CN(c2ccc(C(C)(C)C)nn2)C1. The largest absolute Gasteiger partial charge is 0.352 e. The van der Waals surface area contributed by atoms with Gasteiger partial charge in [0.15, 0.2) is 5.82 Å². The van der Waals surface area contributed by atoms with Gasteiger partial charge >= 0.3 is 0 Å². The Hall–Kier alpha value is -2.28. The minimum absolute atomic E-state index is 0.0168. The van der Waals surface area contributed by atoms with Gasteiger partial charge in [-0.1, -0.05) is 20.8 Å². The number of anilines is 1. The highest BCUT2D eigenvalue weighted by molar-refractivity contribution is 5.42. The highest BCUT2D eigenvalue weighted by Crippen LogP contribution is 2.24. The van der Waals surface area contributed by atoms with E-state index in [0.717, 1.165) is 30.3 Å². The van der Waals surface area contributed by atoms with Crippen LogP contribution < -0.4 is 10.5 Å². The van der Waals surface area contributed by atoms with E-state index >= 15 is 0 Å². The zero-order chi connectivity index (χ0) is 18.2. The summed E-state index contributed by atoms with van der Waals surface area (Å²) in [4.78, 5) is 20.2. The van der Waals surface area contributed by atoms with Crippen molar-refractivity contribution in [2.45, 2.75) is 38.8 Å². The summed E-state index contributed by atoms with van der Waals surface area (Å²) < 4.78 is 1.65. The molecule has 7 heteroatoms. The normalized spacial score (nSPS) is 15.5. The number of nitrogens with zero attached hydrogens (tertiary/aromatic N) is 6. The van der Waals surface area contributed by atoms with Gasteiger partial charge in [0.2, 0.25) is 0 Å². The molecule has 1 fully saturated rings. The Balaban J connectivity index is 1.58. The Morgan fingerprint density at radius 2 is 1.92 bits per heavy atom. The summed E-state index contributed by atoms with van der Waals surface area (Å²) in [7, 11) is 3.86. The van der Waals surface area contributed by atoms with E-state index in [2.05, 4.69) is 64.9 Å². The smallest absolute Gasteiger partial charge is 0.268 e. The molecule has 7 nitrogen and oxygen atoms in total. The number of hydrogen-bond donors (Lipinski definition) is 0. The first-order valence-corrected chi connectivity index (χ1v) is 8.55. The lowest BCUT2D eigenvalue weighted by Crippen LogP contribution is -2.58. The predicted octanol–water partition coefficient (Wildman–Crippen LogP) is 1.19. The molecule has 3 rings (SSSR count). The molecule has 0 radical (unpaired) electrons. The van der Waals surface area contributed by atoms with E-state index < -0.39 is 0 Å². The number of rotatable bonds is 4. The molecule has 0 amide bonds. The van der Waals surface area contributed by atoms with Gasteiger partial charge in [-0.25, -0.2) is 0 Å². The molecule has 0 aromatic carbocycles. The summed E-state index contributed by atoms with van der Waals surface area (Å²) in [5.41, 5.74) is 1.86. The molecule has 1 saturated heterocycles. The summed E-state index contributed by atoms with van der Waals surface area (Å²) in [6.45, 7) is 8.93. The van der Waals surface area contributed by atoms with Crippen LogP contribution in [0.5, 0.6) is 0 Å². The topological polar surface area (TPSA) is 67.2 Å². The highest BCUT2D eigenvalue weighted by atomic mass is 16.1. The molecular formula is C18H26N6O. The minimum atomic E-state index is -0.0738. The second-order valence-corrected chi connectivity index (χ2v) is 7.80. The van der Waals surface area contributed by atoms with Crippen molar-refractivity contribution in [1.82, 2.24) is 24.6 Å². The van der Waals surface area contributed by atoms with Gasteiger partial charge in [0.05, 0.1) is 17.6 Å². The lowest BCUT2D eigenvalue weighted by Gasteiger charge is -2.44. The molecule has 1 aliphatic heterocycles. The first-order valence-electron chi connectivity index (χ1n) is 8.55. The van der Waals surface area contributed by atoms with Crippen LogP contribution in [0.15, 0.2) is 29.3 Å². The number of aromatic nitrogens is 4. The van der Waals surface area contributed by atoms with Gasteiger partial charge in [-0.3, -0.25) is 14.7 Å². The van der Waals surface area contributed by atoms with Crippen LogP contribution in [-0.2, 0) is 19.0 Å². The average molecular weight is 342 g/mol. The molecule has 2 aromatic rings. The monoisotopic (exact) mass is 342 g/mol. The van der Waals surface area contributed by atoms with Crippen LogP contribution in [-0.4, -0.2) is 50.8 Å². The standard InChI is InChI=1S/C18H26N6O/c1-18(2,3)15-6-7-16(21-20-15)24-11-14(12-24)22(4)10-13-8-19-9-17(25)23(13)5/h6-9,14H,10-12H2,1-5H3. The fourth-order valence-electron chi connectivity index (χ4n) is 2.85. The number of likely N-dealkylation sites (N-methyl/N-ethyl adjacent to an activating group) is 1. The third kappa shape index (κ3) is 3.71. The van der Waals surface area contributed by atoms with Gasteiger partial charge < -0.3 is 9.47 Å². The molecule has 3 heterocycles. The van der Waals surface area contributed by atoms with Crippen LogP contribution >= 0.6 is 0 Å². The van der Waals surface area contributed by atoms with Crippen molar-refractivity contribution < 1.29 is 0 Å². The van der Waals surface area contributed by atoms with Crippen LogP contribution in [0.1, 0.15) is 32.2 Å². The highest BCUT2D eigenvalue weighted by Gasteiger charge is 2.31. The second-order valence-electron chi connectivity index (χ2n) is 7.80. The first-order chi connectivity index (χ1) is 11.8. The van der Waals surface area contributed by atoms with Crippen LogP contribution in [0.25, 0.3) is 0 Å². The van der Waals surface area contributed by atoms with Crippen LogP contribution in [0, 0.1) is 0 Å². The van der Waals surface area contributed by atoms with E-state index in [0.29, 0.717) is 12.6 Å². The summed E-state index contributed by atoms with van der Waals surface area (Å²) in [6.07, 6.45) is 3.10. The molecule has 1 aliphatic rings. The van der Waals surface area contributed by atoms with Crippen molar-refractivity contribution in [1.29, 1.82) is 0 Å². The molecular weight excluding hydrogens is 316 g/mol. The van der Waals surface area contributed by atoms with Crippen molar-refractivity contribution in [3.05, 3.63) is 46.3 Å². The first kappa shape index (κ1) is 17.5. The quantitative estimate of drug-likeness (QED) is 0.831. The Labute approximate surface area is 148 Å². The fraction of sp³-hybridized carbons (Fsp3) is 0.556. The van der Waals surface area contributed by atoms with E-state index in [4.69, 9.17) is 0 Å². The molecule has 0 aliphatic carbocycles. The second kappa shape index (κ2) is 6.55. The van der Waals surface area contributed by atoms with Crippen molar-refractivity contribution in [3.63, 3.8) is 0 Å². The summed E-state index contributed by atoms with van der Waals surface area (Å²) in [5.74, 6) is 0.923. The maximum absolute atomic E-state index is 11.7. The molecule has 0 atom stereocenters. The lowest BCUT2D eigenvalue weighted by atomic mass is 9.92. The van der Waals surface area contributed by atoms with Crippen molar-refractivity contribution in [2.24, 2.45) is 7.05 Å². The van der Waals surface area contributed by atoms with Crippen molar-refractivity contribution in [2.75, 3.05) is 25.0 Å². The van der Waals surface area contributed by atoms with Crippen molar-refractivity contribution in [3.8, 4) is 0 Å². The van der Waals surface area contributed by atoms with Gasteiger partial charge in [-0.2, -0.15) is 5.10 Å². The van der Waals surface area contributed by atoms with Crippen LogP contribution in [0.2, 0.25) is 0 Å². The maximum atomic E-state index is 11.7. The zero-order valence-corrected chi connectivity index (χ0v) is 15.6. The van der Waals surface area contributed by atoms with Crippen LogP contribution in [0.3, 0.4) is 0 Å². The molecule has 0 N–H and O–H groups in total. The van der Waals surface area contributed by atoms with Crippen molar-refractivity contribution >= 4 is 5.82 Å². The molecule has 0 saturated carbocycles. The zero-order valence-electron chi connectivity index (χ0n) is 15.6. The van der Waals surface area contributed by atoms with E-state index in [-0.39, 0.29) is 11.0 Å². The summed E-state index contributed by atoms with van der Waals surface area (Å²) in [5, 5.41) is 8.73. The maximum Gasteiger partial charge on any atom is 0.268 e. The molecule has 134 valence electrons. The van der Waals surface area contributed by atoms with Gasteiger partial charge in [-0.05, 0) is 19.2 Å². The van der Waals surface area contributed by atoms with Gasteiger partial charge in [-0.15, -0.1) is 5.10 Å². The van der Waals surface area contributed by atoms with Crippen LogP contribution in [0.4, 0.5) is 5.82 Å². The summed E-state index contributed by atoms with van der Waals surface area (Å²) >= 11 is 0. The third-order valence-electron chi connectivity index (χ3n) is 4.81. The third-order valence-corrected chi connectivity index (χ3v) is 4.81. The van der Waals surface area contributed by atoms with Gasteiger partial charge in [0.25, 0.3) is 5.56 Å². The van der Waals surface area contributed by atoms with E-state index in [1.165, 1.54) is 6.20 Å². The summed E-state index contributed by atoms with van der Waals surface area (Å²) in [6, 6.07) is 4.54. The van der Waals surface area contributed by atoms with Gasteiger partial charge in [0, 0.05) is 44.3 Å². The van der Waals surface area contributed by atoms with Gasteiger partial charge in [0.1, 0.15) is 0 Å². The van der Waals surface area contributed by atoms with E-state index in [1.807, 2.05) is 0 Å². The lowest BCUT2D eigenvalue weighted by molar-refractivity contribution is 0.192. The molecule has 0 bridgehead atoms. The van der Waals surface area contributed by atoms with E-state index in [1.54, 1.807) is 17.8 Å². The number of hydrogen-bond acceptors (Lipinski definition) is 6. The Bertz CT molecular complexity index is 786. The molecule has 0 unspecified atom stereocenters. The Morgan fingerprint density at radius 1 is 1.20 bits per heavy atom. The van der Waals surface area contributed by atoms with E-state index in [9.17, 15) is 4.79 Å². The molecule has 25 heavy (non-hydrogen) atoms. The Morgan fingerprint density at radius 3 is 2.52 bits per heavy atom. The Kier molecular flexibility index (Phi) is 4.60. The molecule has 2 aromatic heterocycles. The minimum Gasteiger partial charge on any atom is -0.352 e. The molecule has 0 spiro atoms. The fourth-order valence-corrected chi connectivity index (χ4v) is 2.85. The average Bonchev–Trinajstić information content (AvgIpc) is 2.50. The predicted molar refractivity (Wildman–Crippen MR) is 97.7 cm³/mol.